The Bertz CT molecular complexity index is 219. The van der Waals surface area contributed by atoms with Gasteiger partial charge < -0.3 is 9.84 Å². The number of hydrogen-bond acceptors (Lipinski definition) is 2. The van der Waals surface area contributed by atoms with Gasteiger partial charge in [0.2, 0.25) is 0 Å². The van der Waals surface area contributed by atoms with Crippen LogP contribution in [0.15, 0.2) is 0 Å². The van der Waals surface area contributed by atoms with Gasteiger partial charge in [0.1, 0.15) is 0 Å². The van der Waals surface area contributed by atoms with Crippen molar-refractivity contribution < 1.29 is 9.84 Å². The Labute approximate surface area is 80.3 Å². The third kappa shape index (κ3) is 2.46. The Morgan fingerprint density at radius 3 is 2.85 bits per heavy atom. The molecule has 1 aliphatic rings. The van der Waals surface area contributed by atoms with Crippen molar-refractivity contribution in [2.45, 2.75) is 50.7 Å². The predicted octanol–water partition coefficient (Wildman–Crippen LogP) is 1.72. The zero-order valence-electron chi connectivity index (χ0n) is 8.47. The zero-order chi connectivity index (χ0) is 9.95. The fourth-order valence-electron chi connectivity index (χ4n) is 1.89. The van der Waals surface area contributed by atoms with E-state index in [4.69, 9.17) is 11.2 Å². The van der Waals surface area contributed by atoms with Gasteiger partial charge in [-0.15, -0.1) is 12.3 Å². The van der Waals surface area contributed by atoms with Gasteiger partial charge in [-0.25, -0.2) is 0 Å². The number of rotatable bonds is 2. The SMILES string of the molecule is C#CCC1(O)CCOC(C)(CC)C1. The minimum Gasteiger partial charge on any atom is -0.389 e. The second-order valence-electron chi connectivity index (χ2n) is 4.18. The van der Waals surface area contributed by atoms with Crippen LogP contribution in [0.25, 0.3) is 0 Å². The Kier molecular flexibility index (Phi) is 3.00. The summed E-state index contributed by atoms with van der Waals surface area (Å²) in [5.41, 5.74) is -0.887. The Morgan fingerprint density at radius 1 is 1.62 bits per heavy atom. The lowest BCUT2D eigenvalue weighted by molar-refractivity contribution is -0.151. The molecular weight excluding hydrogens is 164 g/mol. The maximum absolute atomic E-state index is 10.1. The molecule has 0 spiro atoms. The third-order valence-corrected chi connectivity index (χ3v) is 2.90. The summed E-state index contributed by atoms with van der Waals surface area (Å²) in [6, 6.07) is 0. The van der Waals surface area contributed by atoms with Crippen molar-refractivity contribution in [3.05, 3.63) is 0 Å². The molecule has 0 aliphatic carbocycles. The highest BCUT2D eigenvalue weighted by Gasteiger charge is 2.40. The van der Waals surface area contributed by atoms with Crippen LogP contribution in [0.5, 0.6) is 0 Å². The van der Waals surface area contributed by atoms with E-state index in [1.165, 1.54) is 0 Å². The van der Waals surface area contributed by atoms with Crippen molar-refractivity contribution in [1.82, 2.24) is 0 Å². The lowest BCUT2D eigenvalue weighted by atomic mass is 9.80. The summed E-state index contributed by atoms with van der Waals surface area (Å²) in [7, 11) is 0. The van der Waals surface area contributed by atoms with Crippen molar-refractivity contribution in [2.24, 2.45) is 0 Å². The molecule has 1 saturated heterocycles. The van der Waals surface area contributed by atoms with E-state index in [2.05, 4.69) is 12.8 Å². The number of ether oxygens (including phenoxy) is 1. The standard InChI is InChI=1S/C11H18O2/c1-4-6-11(12)7-8-13-10(3,5-2)9-11/h1,12H,5-9H2,2-3H3. The van der Waals surface area contributed by atoms with E-state index >= 15 is 0 Å². The summed E-state index contributed by atoms with van der Waals surface area (Å²) in [5.74, 6) is 2.53. The van der Waals surface area contributed by atoms with Crippen LogP contribution in [0.1, 0.15) is 39.5 Å². The highest BCUT2D eigenvalue weighted by molar-refractivity contribution is 5.00. The van der Waals surface area contributed by atoms with Crippen LogP contribution in [-0.4, -0.2) is 22.9 Å². The number of aliphatic hydroxyl groups is 1. The van der Waals surface area contributed by atoms with Crippen LogP contribution < -0.4 is 0 Å². The second-order valence-corrected chi connectivity index (χ2v) is 4.18. The van der Waals surface area contributed by atoms with Crippen LogP contribution >= 0.6 is 0 Å². The smallest absolute Gasteiger partial charge is 0.0805 e. The summed E-state index contributed by atoms with van der Waals surface area (Å²) < 4.78 is 5.63. The lowest BCUT2D eigenvalue weighted by Gasteiger charge is -2.42. The van der Waals surface area contributed by atoms with Crippen LogP contribution in [0.3, 0.4) is 0 Å². The maximum atomic E-state index is 10.1. The Hall–Kier alpha value is -0.520. The summed E-state index contributed by atoms with van der Waals surface area (Å²) >= 11 is 0. The number of hydrogen-bond donors (Lipinski definition) is 1. The van der Waals surface area contributed by atoms with Crippen LogP contribution in [0.2, 0.25) is 0 Å². The largest absolute Gasteiger partial charge is 0.389 e. The molecule has 1 N–H and O–H groups in total. The quantitative estimate of drug-likeness (QED) is 0.659. The molecule has 2 nitrogen and oxygen atoms in total. The summed E-state index contributed by atoms with van der Waals surface area (Å²) in [6.07, 6.45) is 7.89. The molecule has 1 aliphatic heterocycles. The average Bonchev–Trinajstić information content (AvgIpc) is 2.04. The molecule has 0 radical (unpaired) electrons. The molecular formula is C11H18O2. The maximum Gasteiger partial charge on any atom is 0.0805 e. The second kappa shape index (κ2) is 3.69. The minimum atomic E-state index is -0.697. The topological polar surface area (TPSA) is 29.5 Å². The fourth-order valence-corrected chi connectivity index (χ4v) is 1.89. The van der Waals surface area contributed by atoms with Gasteiger partial charge in [-0.1, -0.05) is 6.92 Å². The third-order valence-electron chi connectivity index (χ3n) is 2.90. The molecule has 13 heavy (non-hydrogen) atoms. The van der Waals surface area contributed by atoms with Crippen LogP contribution in [-0.2, 0) is 4.74 Å². The van der Waals surface area contributed by atoms with E-state index in [1.807, 2.05) is 6.92 Å². The van der Waals surface area contributed by atoms with Crippen molar-refractivity contribution >= 4 is 0 Å². The van der Waals surface area contributed by atoms with Gasteiger partial charge in [0.05, 0.1) is 17.8 Å². The first-order chi connectivity index (χ1) is 6.04. The molecule has 0 amide bonds. The summed E-state index contributed by atoms with van der Waals surface area (Å²) in [6.45, 7) is 4.72. The first-order valence-electron chi connectivity index (χ1n) is 4.83. The highest BCUT2D eigenvalue weighted by Crippen LogP contribution is 2.35. The van der Waals surface area contributed by atoms with Gasteiger partial charge >= 0.3 is 0 Å². The molecule has 1 rings (SSSR count). The van der Waals surface area contributed by atoms with Gasteiger partial charge in [0.15, 0.2) is 0 Å². The van der Waals surface area contributed by atoms with Gasteiger partial charge in [-0.05, 0) is 13.3 Å². The minimum absolute atomic E-state index is 0.191. The van der Waals surface area contributed by atoms with Crippen molar-refractivity contribution in [2.75, 3.05) is 6.61 Å². The predicted molar refractivity (Wildman–Crippen MR) is 52.3 cm³/mol. The molecule has 1 heterocycles. The molecule has 2 atom stereocenters. The van der Waals surface area contributed by atoms with Crippen molar-refractivity contribution in [3.63, 3.8) is 0 Å². The van der Waals surface area contributed by atoms with Crippen molar-refractivity contribution in [3.8, 4) is 12.3 Å². The van der Waals surface area contributed by atoms with Crippen LogP contribution in [0.4, 0.5) is 0 Å². The van der Waals surface area contributed by atoms with E-state index in [-0.39, 0.29) is 5.60 Å². The summed E-state index contributed by atoms with van der Waals surface area (Å²) in [5, 5.41) is 10.1. The van der Waals surface area contributed by atoms with Gasteiger partial charge in [-0.3, -0.25) is 0 Å². The van der Waals surface area contributed by atoms with E-state index in [9.17, 15) is 5.11 Å². The van der Waals surface area contributed by atoms with E-state index in [1.54, 1.807) is 0 Å². The van der Waals surface area contributed by atoms with Gasteiger partial charge in [0, 0.05) is 19.3 Å². The molecule has 74 valence electrons. The van der Waals surface area contributed by atoms with E-state index in [0.29, 0.717) is 25.9 Å². The molecule has 1 fully saturated rings. The first-order valence-corrected chi connectivity index (χ1v) is 4.83. The monoisotopic (exact) mass is 182 g/mol. The lowest BCUT2D eigenvalue weighted by Crippen LogP contribution is -2.46. The molecule has 0 aromatic carbocycles. The molecule has 0 bridgehead atoms. The Balaban J connectivity index is 2.66. The van der Waals surface area contributed by atoms with E-state index in [0.717, 1.165) is 6.42 Å². The Morgan fingerprint density at radius 2 is 2.31 bits per heavy atom. The van der Waals surface area contributed by atoms with Crippen molar-refractivity contribution in [1.29, 1.82) is 0 Å². The molecule has 2 unspecified atom stereocenters. The van der Waals surface area contributed by atoms with Gasteiger partial charge in [-0.2, -0.15) is 0 Å². The molecule has 0 aromatic heterocycles. The molecule has 0 saturated carbocycles. The first kappa shape index (κ1) is 10.6. The number of terminal acetylenes is 1. The van der Waals surface area contributed by atoms with Gasteiger partial charge in [0.25, 0.3) is 0 Å². The molecule has 0 aromatic rings. The highest BCUT2D eigenvalue weighted by atomic mass is 16.5. The summed E-state index contributed by atoms with van der Waals surface area (Å²) in [4.78, 5) is 0. The normalized spacial score (nSPS) is 39.8. The average molecular weight is 182 g/mol. The van der Waals surface area contributed by atoms with E-state index < -0.39 is 5.60 Å². The molecule has 2 heteroatoms. The zero-order valence-corrected chi connectivity index (χ0v) is 8.47. The fraction of sp³-hybridized carbons (Fsp3) is 0.818. The van der Waals surface area contributed by atoms with Crippen LogP contribution in [0, 0.1) is 12.3 Å².